The monoisotopic (exact) mass is 368 g/mol. The third kappa shape index (κ3) is 6.47. The number of amides is 2. The highest BCUT2D eigenvalue weighted by atomic mass is 16.3. The number of anilines is 2. The molecular formula is C20H24N4O3. The Labute approximate surface area is 158 Å². The number of hydrazone groups is 1. The van der Waals surface area contributed by atoms with E-state index in [0.29, 0.717) is 23.4 Å². The lowest BCUT2D eigenvalue weighted by Gasteiger charge is -2.10. The third-order valence-electron chi connectivity index (χ3n) is 3.72. The molecule has 0 radical (unpaired) electrons. The van der Waals surface area contributed by atoms with E-state index in [1.807, 2.05) is 37.3 Å². The van der Waals surface area contributed by atoms with Crippen LogP contribution in [0, 0.1) is 0 Å². The van der Waals surface area contributed by atoms with Crippen molar-refractivity contribution in [2.24, 2.45) is 5.10 Å². The zero-order valence-corrected chi connectivity index (χ0v) is 15.5. The number of benzene rings is 2. The molecule has 0 atom stereocenters. The molecule has 0 aliphatic rings. The zero-order valence-electron chi connectivity index (χ0n) is 15.5. The summed E-state index contributed by atoms with van der Waals surface area (Å²) in [6.07, 6.45) is 1.17. The molecule has 0 unspecified atom stereocenters. The molecule has 0 heterocycles. The van der Waals surface area contributed by atoms with Crippen LogP contribution in [0.25, 0.3) is 0 Å². The molecule has 0 aliphatic carbocycles. The van der Waals surface area contributed by atoms with E-state index in [1.165, 1.54) is 6.07 Å². The number of para-hydroxylation sites is 1. The van der Waals surface area contributed by atoms with Gasteiger partial charge < -0.3 is 15.7 Å². The Balaban J connectivity index is 1.97. The van der Waals surface area contributed by atoms with E-state index in [1.54, 1.807) is 19.1 Å². The average Bonchev–Trinajstić information content (AvgIpc) is 2.67. The van der Waals surface area contributed by atoms with Gasteiger partial charge in [-0.2, -0.15) is 5.10 Å². The fourth-order valence-corrected chi connectivity index (χ4v) is 2.34. The van der Waals surface area contributed by atoms with Crippen molar-refractivity contribution in [3.63, 3.8) is 0 Å². The maximum Gasteiger partial charge on any atom is 0.259 e. The maximum atomic E-state index is 11.9. The second-order valence-electron chi connectivity index (χ2n) is 5.98. The molecule has 2 aromatic carbocycles. The number of aromatic hydroxyl groups is 1. The van der Waals surface area contributed by atoms with Crippen molar-refractivity contribution in [1.82, 2.24) is 5.43 Å². The standard InChI is InChI=1S/C20H24N4O3/c1-3-7-19(26)22-16-10-11-18(25)17(12-16)14(2)23-24-20(27)13-21-15-8-5-4-6-9-15/h4-6,8-12,21,25H,3,7,13H2,1-2H3,(H,22,26)(H,24,27)/b23-14+. The van der Waals surface area contributed by atoms with Crippen molar-refractivity contribution in [2.75, 3.05) is 17.2 Å². The SMILES string of the molecule is CCCC(=O)Nc1ccc(O)c(/C(C)=N/NC(=O)CNc2ccccc2)c1. The van der Waals surface area contributed by atoms with Gasteiger partial charge in [0.25, 0.3) is 5.91 Å². The first-order valence-electron chi connectivity index (χ1n) is 8.75. The summed E-state index contributed by atoms with van der Waals surface area (Å²) in [6, 6.07) is 14.1. The van der Waals surface area contributed by atoms with E-state index < -0.39 is 0 Å². The summed E-state index contributed by atoms with van der Waals surface area (Å²) >= 11 is 0. The summed E-state index contributed by atoms with van der Waals surface area (Å²) in [5, 5.41) is 19.8. The Morgan fingerprint density at radius 3 is 2.48 bits per heavy atom. The van der Waals surface area contributed by atoms with Crippen molar-refractivity contribution < 1.29 is 14.7 Å². The number of hydrogen-bond donors (Lipinski definition) is 4. The molecule has 2 amide bonds. The van der Waals surface area contributed by atoms with Gasteiger partial charge >= 0.3 is 0 Å². The van der Waals surface area contributed by atoms with Gasteiger partial charge in [0.05, 0.1) is 12.3 Å². The molecule has 0 aliphatic heterocycles. The Kier molecular flexibility index (Phi) is 7.37. The molecule has 27 heavy (non-hydrogen) atoms. The van der Waals surface area contributed by atoms with Crippen molar-refractivity contribution >= 4 is 28.9 Å². The van der Waals surface area contributed by atoms with Crippen LogP contribution in [0.1, 0.15) is 32.3 Å². The highest BCUT2D eigenvalue weighted by molar-refractivity contribution is 6.03. The van der Waals surface area contributed by atoms with Gasteiger partial charge in [0.2, 0.25) is 5.91 Å². The number of rotatable bonds is 8. The third-order valence-corrected chi connectivity index (χ3v) is 3.72. The first kappa shape index (κ1) is 20.0. The fourth-order valence-electron chi connectivity index (χ4n) is 2.34. The molecule has 142 valence electrons. The molecule has 0 aromatic heterocycles. The van der Waals surface area contributed by atoms with E-state index in [2.05, 4.69) is 21.2 Å². The van der Waals surface area contributed by atoms with Crippen LogP contribution in [0.3, 0.4) is 0 Å². The number of nitrogens with zero attached hydrogens (tertiary/aromatic N) is 1. The summed E-state index contributed by atoms with van der Waals surface area (Å²) in [5.74, 6) is -0.393. The number of nitrogens with one attached hydrogen (secondary N) is 3. The minimum absolute atomic E-state index is 0.0152. The molecule has 0 fully saturated rings. The van der Waals surface area contributed by atoms with E-state index in [0.717, 1.165) is 12.1 Å². The van der Waals surface area contributed by atoms with Crippen LogP contribution in [0.4, 0.5) is 11.4 Å². The van der Waals surface area contributed by atoms with Gasteiger partial charge in [0.1, 0.15) is 5.75 Å². The summed E-state index contributed by atoms with van der Waals surface area (Å²) in [6.45, 7) is 3.66. The topological polar surface area (TPSA) is 103 Å². The lowest BCUT2D eigenvalue weighted by molar-refractivity contribution is -0.119. The van der Waals surface area contributed by atoms with Crippen molar-refractivity contribution in [2.45, 2.75) is 26.7 Å². The van der Waals surface area contributed by atoms with Gasteiger partial charge in [-0.3, -0.25) is 9.59 Å². The maximum absolute atomic E-state index is 11.9. The summed E-state index contributed by atoms with van der Waals surface area (Å²) < 4.78 is 0. The minimum atomic E-state index is -0.315. The van der Waals surface area contributed by atoms with Crippen molar-refractivity contribution in [3.05, 3.63) is 54.1 Å². The molecule has 0 saturated heterocycles. The number of phenolic OH excluding ortho intramolecular Hbond substituents is 1. The van der Waals surface area contributed by atoms with Crippen LogP contribution in [0.2, 0.25) is 0 Å². The van der Waals surface area contributed by atoms with E-state index in [9.17, 15) is 14.7 Å². The van der Waals surface area contributed by atoms with Gasteiger partial charge in [-0.05, 0) is 43.7 Å². The normalized spacial score (nSPS) is 11.0. The van der Waals surface area contributed by atoms with Gasteiger partial charge in [-0.15, -0.1) is 0 Å². The Morgan fingerprint density at radius 2 is 1.78 bits per heavy atom. The predicted octanol–water partition coefficient (Wildman–Crippen LogP) is 3.08. The summed E-state index contributed by atoms with van der Waals surface area (Å²) in [4.78, 5) is 23.6. The largest absolute Gasteiger partial charge is 0.507 e. The van der Waals surface area contributed by atoms with Gasteiger partial charge in [0.15, 0.2) is 0 Å². The van der Waals surface area contributed by atoms with Gasteiger partial charge in [-0.25, -0.2) is 5.43 Å². The molecule has 2 rings (SSSR count). The van der Waals surface area contributed by atoms with Crippen molar-refractivity contribution in [1.29, 1.82) is 0 Å². The van der Waals surface area contributed by atoms with E-state index >= 15 is 0 Å². The highest BCUT2D eigenvalue weighted by Crippen LogP contribution is 2.22. The van der Waals surface area contributed by atoms with Gasteiger partial charge in [0, 0.05) is 23.4 Å². The Bertz CT molecular complexity index is 819. The van der Waals surface area contributed by atoms with Crippen LogP contribution in [-0.2, 0) is 9.59 Å². The minimum Gasteiger partial charge on any atom is -0.507 e. The Hall–Kier alpha value is -3.35. The smallest absolute Gasteiger partial charge is 0.259 e. The molecular weight excluding hydrogens is 344 g/mol. The Morgan fingerprint density at radius 1 is 1.04 bits per heavy atom. The quantitative estimate of drug-likeness (QED) is 0.327. The second kappa shape index (κ2) is 9.96. The lowest BCUT2D eigenvalue weighted by Crippen LogP contribution is -2.26. The lowest BCUT2D eigenvalue weighted by atomic mass is 10.1. The predicted molar refractivity (Wildman–Crippen MR) is 107 cm³/mol. The molecule has 7 heteroatoms. The number of carbonyl (C=O) groups excluding carboxylic acids is 2. The molecule has 0 spiro atoms. The first-order valence-corrected chi connectivity index (χ1v) is 8.75. The van der Waals surface area contributed by atoms with Crippen LogP contribution in [-0.4, -0.2) is 29.2 Å². The number of hydrogen-bond acceptors (Lipinski definition) is 5. The van der Waals surface area contributed by atoms with Crippen molar-refractivity contribution in [3.8, 4) is 5.75 Å². The molecule has 7 nitrogen and oxygen atoms in total. The summed E-state index contributed by atoms with van der Waals surface area (Å²) in [7, 11) is 0. The molecule has 0 bridgehead atoms. The first-order chi connectivity index (χ1) is 13.0. The molecule has 4 N–H and O–H groups in total. The van der Waals surface area contributed by atoms with Crippen LogP contribution in [0.5, 0.6) is 5.75 Å². The highest BCUT2D eigenvalue weighted by Gasteiger charge is 2.09. The number of phenols is 1. The zero-order chi connectivity index (χ0) is 19.6. The van der Waals surface area contributed by atoms with E-state index in [-0.39, 0.29) is 24.1 Å². The molecule has 0 saturated carbocycles. The summed E-state index contributed by atoms with van der Waals surface area (Å²) in [5.41, 5.74) is 4.70. The van der Waals surface area contributed by atoms with Crippen LogP contribution < -0.4 is 16.1 Å². The van der Waals surface area contributed by atoms with Crippen LogP contribution >= 0.6 is 0 Å². The fraction of sp³-hybridized carbons (Fsp3) is 0.250. The van der Waals surface area contributed by atoms with E-state index in [4.69, 9.17) is 0 Å². The second-order valence-corrected chi connectivity index (χ2v) is 5.98. The van der Waals surface area contributed by atoms with Crippen LogP contribution in [0.15, 0.2) is 53.6 Å². The average molecular weight is 368 g/mol. The number of carbonyl (C=O) groups is 2. The molecule has 2 aromatic rings. The van der Waals surface area contributed by atoms with Gasteiger partial charge in [-0.1, -0.05) is 25.1 Å².